The Hall–Kier alpha value is -0.650. The van der Waals surface area contributed by atoms with Gasteiger partial charge in [0.25, 0.3) is 0 Å². The molecule has 0 aromatic heterocycles. The first-order chi connectivity index (χ1) is 8.63. The van der Waals surface area contributed by atoms with Crippen LogP contribution in [-0.4, -0.2) is 59.9 Å². The van der Waals surface area contributed by atoms with Gasteiger partial charge in [0.05, 0.1) is 19.3 Å². The van der Waals surface area contributed by atoms with Gasteiger partial charge in [0.15, 0.2) is 0 Å². The van der Waals surface area contributed by atoms with E-state index < -0.39 is 0 Å². The van der Waals surface area contributed by atoms with Gasteiger partial charge in [-0.2, -0.15) is 0 Å². The molecule has 104 valence electrons. The van der Waals surface area contributed by atoms with E-state index in [0.29, 0.717) is 19.6 Å². The van der Waals surface area contributed by atoms with E-state index in [9.17, 15) is 15.0 Å². The molecule has 2 aliphatic rings. The fourth-order valence-electron chi connectivity index (χ4n) is 2.79. The maximum Gasteiger partial charge on any atom is 0.234 e. The van der Waals surface area contributed by atoms with E-state index in [1.807, 2.05) is 4.90 Å². The molecular formula is C13H24N2O3. The van der Waals surface area contributed by atoms with Crippen molar-refractivity contribution in [3.8, 4) is 0 Å². The molecule has 0 radical (unpaired) electrons. The maximum atomic E-state index is 11.8. The molecule has 0 aromatic carbocycles. The highest BCUT2D eigenvalue weighted by Gasteiger charge is 2.36. The molecule has 5 nitrogen and oxygen atoms in total. The zero-order valence-electron chi connectivity index (χ0n) is 10.9. The van der Waals surface area contributed by atoms with Crippen LogP contribution in [0, 0.1) is 5.41 Å². The predicted octanol–water partition coefficient (Wildman–Crippen LogP) is -0.278. The highest BCUT2D eigenvalue weighted by Crippen LogP contribution is 2.39. The van der Waals surface area contributed by atoms with Crippen LogP contribution >= 0.6 is 0 Å². The fraction of sp³-hybridized carbons (Fsp3) is 0.923. The molecule has 1 heterocycles. The summed E-state index contributed by atoms with van der Waals surface area (Å²) in [6, 6.07) is 0. The predicted molar refractivity (Wildman–Crippen MR) is 68.1 cm³/mol. The summed E-state index contributed by atoms with van der Waals surface area (Å²) >= 11 is 0. The lowest BCUT2D eigenvalue weighted by Gasteiger charge is -2.40. The lowest BCUT2D eigenvalue weighted by Crippen LogP contribution is -2.48. The third-order valence-electron chi connectivity index (χ3n) is 4.26. The average Bonchev–Trinajstić information content (AvgIpc) is 2.28. The standard InChI is InChI=1S/C13H24N2O3/c16-10-13(4-2-5-13)9-14-12(18)8-15-6-1-3-11(17)7-15/h11,16-17H,1-10H2,(H,14,18). The number of β-amino-alcohol motifs (C(OH)–C–C–N with tert-alkyl or cyclic N) is 1. The molecule has 1 unspecified atom stereocenters. The first kappa shape index (κ1) is 13.8. The van der Waals surface area contributed by atoms with Crippen molar-refractivity contribution >= 4 is 5.91 Å². The van der Waals surface area contributed by atoms with Gasteiger partial charge in [-0.05, 0) is 32.2 Å². The van der Waals surface area contributed by atoms with Crippen LogP contribution in [0.25, 0.3) is 0 Å². The minimum Gasteiger partial charge on any atom is -0.396 e. The van der Waals surface area contributed by atoms with Crippen LogP contribution in [0.15, 0.2) is 0 Å². The van der Waals surface area contributed by atoms with Crippen LogP contribution in [0.1, 0.15) is 32.1 Å². The van der Waals surface area contributed by atoms with Crippen molar-refractivity contribution in [1.29, 1.82) is 0 Å². The molecule has 1 amide bonds. The second-order valence-electron chi connectivity index (χ2n) is 5.82. The number of nitrogens with zero attached hydrogens (tertiary/aromatic N) is 1. The highest BCUT2D eigenvalue weighted by molar-refractivity contribution is 5.78. The summed E-state index contributed by atoms with van der Waals surface area (Å²) in [7, 11) is 0. The number of carbonyl (C=O) groups is 1. The van der Waals surface area contributed by atoms with Crippen molar-refractivity contribution in [1.82, 2.24) is 10.2 Å². The minimum absolute atomic E-state index is 0.00354. The monoisotopic (exact) mass is 256 g/mol. The quantitative estimate of drug-likeness (QED) is 0.633. The van der Waals surface area contributed by atoms with Crippen LogP contribution in [-0.2, 0) is 4.79 Å². The van der Waals surface area contributed by atoms with Gasteiger partial charge in [-0.3, -0.25) is 9.69 Å². The molecule has 0 bridgehead atoms. The zero-order chi connectivity index (χ0) is 13.0. The van der Waals surface area contributed by atoms with Crippen LogP contribution in [0.3, 0.4) is 0 Å². The molecule has 1 saturated heterocycles. The summed E-state index contributed by atoms with van der Waals surface area (Å²) in [5, 5.41) is 21.8. The second-order valence-corrected chi connectivity index (χ2v) is 5.82. The Morgan fingerprint density at radius 1 is 1.39 bits per heavy atom. The van der Waals surface area contributed by atoms with Gasteiger partial charge in [0, 0.05) is 18.5 Å². The number of likely N-dealkylation sites (tertiary alicyclic amines) is 1. The third-order valence-corrected chi connectivity index (χ3v) is 4.26. The summed E-state index contributed by atoms with van der Waals surface area (Å²) in [6.45, 7) is 2.58. The van der Waals surface area contributed by atoms with Crippen LogP contribution in [0.4, 0.5) is 0 Å². The van der Waals surface area contributed by atoms with E-state index in [4.69, 9.17) is 0 Å². The molecule has 2 fully saturated rings. The van der Waals surface area contributed by atoms with Gasteiger partial charge < -0.3 is 15.5 Å². The smallest absolute Gasteiger partial charge is 0.234 e. The van der Waals surface area contributed by atoms with Gasteiger partial charge >= 0.3 is 0 Å². The zero-order valence-corrected chi connectivity index (χ0v) is 10.9. The van der Waals surface area contributed by atoms with Crippen LogP contribution < -0.4 is 5.32 Å². The lowest BCUT2D eigenvalue weighted by atomic mass is 9.69. The van der Waals surface area contributed by atoms with Crippen molar-refractivity contribution in [3.63, 3.8) is 0 Å². The number of hydrogen-bond acceptors (Lipinski definition) is 4. The Morgan fingerprint density at radius 3 is 2.72 bits per heavy atom. The Kier molecular flexibility index (Phi) is 4.59. The minimum atomic E-state index is -0.290. The third kappa shape index (κ3) is 3.43. The van der Waals surface area contributed by atoms with Crippen LogP contribution in [0.2, 0.25) is 0 Å². The van der Waals surface area contributed by atoms with Gasteiger partial charge in [-0.15, -0.1) is 0 Å². The summed E-state index contributed by atoms with van der Waals surface area (Å²) in [5.74, 6) is 0.00354. The lowest BCUT2D eigenvalue weighted by molar-refractivity contribution is -0.124. The van der Waals surface area contributed by atoms with Gasteiger partial charge in [-0.1, -0.05) is 6.42 Å². The number of amides is 1. The molecule has 3 N–H and O–H groups in total. The van der Waals surface area contributed by atoms with Crippen LogP contribution in [0.5, 0.6) is 0 Å². The molecule has 1 saturated carbocycles. The normalized spacial score (nSPS) is 27.6. The average molecular weight is 256 g/mol. The summed E-state index contributed by atoms with van der Waals surface area (Å²) in [4.78, 5) is 13.8. The maximum absolute atomic E-state index is 11.8. The van der Waals surface area contributed by atoms with E-state index in [1.165, 1.54) is 0 Å². The summed E-state index contributed by atoms with van der Waals surface area (Å²) in [6.07, 6.45) is 4.66. The summed E-state index contributed by atoms with van der Waals surface area (Å²) in [5.41, 5.74) is -0.0585. The first-order valence-corrected chi connectivity index (χ1v) is 6.92. The SMILES string of the molecule is O=C(CN1CCCC(O)C1)NCC1(CO)CCC1. The van der Waals surface area contributed by atoms with Crippen molar-refractivity contribution < 1.29 is 15.0 Å². The van der Waals surface area contributed by atoms with Gasteiger partial charge in [0.1, 0.15) is 0 Å². The molecule has 18 heavy (non-hydrogen) atoms. The molecular weight excluding hydrogens is 232 g/mol. The largest absolute Gasteiger partial charge is 0.396 e. The van der Waals surface area contributed by atoms with Crippen molar-refractivity contribution in [2.24, 2.45) is 5.41 Å². The number of aliphatic hydroxyl groups excluding tert-OH is 2. The van der Waals surface area contributed by atoms with E-state index >= 15 is 0 Å². The molecule has 1 aliphatic carbocycles. The Labute approximate surface area is 108 Å². The number of hydrogen-bond donors (Lipinski definition) is 3. The molecule has 0 aromatic rings. The Balaban J connectivity index is 1.68. The number of nitrogens with one attached hydrogen (secondary N) is 1. The van der Waals surface area contributed by atoms with Crippen molar-refractivity contribution in [2.75, 3.05) is 32.8 Å². The topological polar surface area (TPSA) is 72.8 Å². The number of piperidine rings is 1. The van der Waals surface area contributed by atoms with Crippen molar-refractivity contribution in [2.45, 2.75) is 38.2 Å². The number of carbonyl (C=O) groups excluding carboxylic acids is 1. The second kappa shape index (κ2) is 5.99. The molecule has 2 rings (SSSR count). The van der Waals surface area contributed by atoms with E-state index in [1.54, 1.807) is 0 Å². The van der Waals surface area contributed by atoms with Crippen molar-refractivity contribution in [3.05, 3.63) is 0 Å². The fourth-order valence-corrected chi connectivity index (χ4v) is 2.79. The van der Waals surface area contributed by atoms with E-state index in [-0.39, 0.29) is 24.0 Å². The van der Waals surface area contributed by atoms with Gasteiger partial charge in [-0.25, -0.2) is 0 Å². The molecule has 1 aliphatic heterocycles. The Bertz CT molecular complexity index is 286. The van der Waals surface area contributed by atoms with Gasteiger partial charge in [0.2, 0.25) is 5.91 Å². The molecule has 1 atom stereocenters. The van der Waals surface area contributed by atoms with E-state index in [2.05, 4.69) is 5.32 Å². The molecule has 5 heteroatoms. The first-order valence-electron chi connectivity index (χ1n) is 6.92. The summed E-state index contributed by atoms with van der Waals surface area (Å²) < 4.78 is 0. The number of aliphatic hydroxyl groups is 2. The van der Waals surface area contributed by atoms with E-state index in [0.717, 1.165) is 38.6 Å². The Morgan fingerprint density at radius 2 is 2.17 bits per heavy atom. The molecule has 0 spiro atoms. The highest BCUT2D eigenvalue weighted by atomic mass is 16.3. The number of rotatable bonds is 5.